The highest BCUT2D eigenvalue weighted by molar-refractivity contribution is 5.88. The Balaban J connectivity index is 2.37. The fourth-order valence-corrected chi connectivity index (χ4v) is 1.06. The lowest BCUT2D eigenvalue weighted by Crippen LogP contribution is -2.30. The number of carbonyl (C=O) groups is 1. The van der Waals surface area contributed by atoms with E-state index >= 15 is 0 Å². The van der Waals surface area contributed by atoms with Crippen LogP contribution in [0.1, 0.15) is 12.1 Å². The lowest BCUT2D eigenvalue weighted by molar-refractivity contribution is 0.248. The Hall–Kier alpha value is -1.56. The molecule has 2 amide bonds. The van der Waals surface area contributed by atoms with Crippen LogP contribution in [0.3, 0.4) is 0 Å². The Morgan fingerprint density at radius 1 is 1.67 bits per heavy atom. The first kappa shape index (κ1) is 11.5. The summed E-state index contributed by atoms with van der Waals surface area (Å²) in [7, 11) is 1.81. The van der Waals surface area contributed by atoms with E-state index in [0.29, 0.717) is 18.8 Å². The molecule has 0 fully saturated rings. The van der Waals surface area contributed by atoms with E-state index in [1.165, 1.54) is 0 Å². The summed E-state index contributed by atoms with van der Waals surface area (Å²) in [6, 6.07) is 1.48. The van der Waals surface area contributed by atoms with Crippen molar-refractivity contribution in [1.29, 1.82) is 0 Å². The first-order chi connectivity index (χ1) is 7.13. The van der Waals surface area contributed by atoms with Crippen LogP contribution in [0.25, 0.3) is 0 Å². The lowest BCUT2D eigenvalue weighted by Gasteiger charge is -2.03. The third kappa shape index (κ3) is 3.59. The Morgan fingerprint density at radius 3 is 2.93 bits per heavy atom. The van der Waals surface area contributed by atoms with E-state index in [-0.39, 0.29) is 12.6 Å². The van der Waals surface area contributed by atoms with Crippen molar-refractivity contribution in [2.75, 3.05) is 18.5 Å². The minimum Gasteiger partial charge on any atom is -0.396 e. The smallest absolute Gasteiger partial charge is 0.320 e. The second kappa shape index (κ2) is 5.35. The van der Waals surface area contributed by atoms with Crippen LogP contribution in [0, 0.1) is 6.92 Å². The van der Waals surface area contributed by atoms with E-state index in [4.69, 9.17) is 5.11 Å². The summed E-state index contributed by atoms with van der Waals surface area (Å²) in [4.78, 5) is 11.3. The number of nitrogens with zero attached hydrogens (tertiary/aromatic N) is 2. The monoisotopic (exact) mass is 212 g/mol. The standard InChI is InChI=1S/C9H16N4O2/c1-7-6-8(12-13(7)2)11-9(15)10-4-3-5-14/h6,14H,3-5H2,1-2H3,(H2,10,11,12,15). The molecule has 0 unspecified atom stereocenters. The number of hydrogen-bond acceptors (Lipinski definition) is 3. The molecule has 6 nitrogen and oxygen atoms in total. The molecule has 1 aromatic heterocycles. The van der Waals surface area contributed by atoms with E-state index < -0.39 is 0 Å². The molecule has 1 rings (SSSR count). The number of amides is 2. The molecule has 0 aromatic carbocycles. The number of rotatable bonds is 4. The van der Waals surface area contributed by atoms with Crippen molar-refractivity contribution < 1.29 is 9.90 Å². The van der Waals surface area contributed by atoms with Crippen LogP contribution in [0.15, 0.2) is 6.07 Å². The lowest BCUT2D eigenvalue weighted by atomic mass is 10.4. The van der Waals surface area contributed by atoms with Gasteiger partial charge in [-0.05, 0) is 13.3 Å². The predicted molar refractivity (Wildman–Crippen MR) is 56.7 cm³/mol. The van der Waals surface area contributed by atoms with Crippen molar-refractivity contribution in [1.82, 2.24) is 15.1 Å². The highest BCUT2D eigenvalue weighted by Crippen LogP contribution is 2.05. The number of aromatic nitrogens is 2. The third-order valence-corrected chi connectivity index (χ3v) is 1.98. The molecule has 1 aromatic rings. The topological polar surface area (TPSA) is 79.2 Å². The summed E-state index contributed by atoms with van der Waals surface area (Å²) >= 11 is 0. The highest BCUT2D eigenvalue weighted by Gasteiger charge is 2.04. The van der Waals surface area contributed by atoms with Gasteiger partial charge in [0.2, 0.25) is 0 Å². The molecule has 0 saturated heterocycles. The molecular weight excluding hydrogens is 196 g/mol. The van der Waals surface area contributed by atoms with Crippen LogP contribution in [0.5, 0.6) is 0 Å². The van der Waals surface area contributed by atoms with E-state index in [1.54, 1.807) is 10.7 Å². The zero-order chi connectivity index (χ0) is 11.3. The molecule has 0 saturated carbocycles. The van der Waals surface area contributed by atoms with Crippen LogP contribution in [0.4, 0.5) is 10.6 Å². The number of urea groups is 1. The number of carbonyl (C=O) groups excluding carboxylic acids is 1. The van der Waals surface area contributed by atoms with Gasteiger partial charge in [-0.3, -0.25) is 10.00 Å². The number of aryl methyl sites for hydroxylation is 2. The van der Waals surface area contributed by atoms with Gasteiger partial charge in [0, 0.05) is 32.0 Å². The van der Waals surface area contributed by atoms with Gasteiger partial charge >= 0.3 is 6.03 Å². The largest absolute Gasteiger partial charge is 0.396 e. The van der Waals surface area contributed by atoms with Gasteiger partial charge in [0.25, 0.3) is 0 Å². The fraction of sp³-hybridized carbons (Fsp3) is 0.556. The predicted octanol–water partition coefficient (Wildman–Crippen LogP) is 0.232. The van der Waals surface area contributed by atoms with Gasteiger partial charge in [-0.1, -0.05) is 0 Å². The van der Waals surface area contributed by atoms with Crippen molar-refractivity contribution >= 4 is 11.8 Å². The summed E-state index contributed by atoms with van der Waals surface area (Å²) in [6.45, 7) is 2.43. The molecule has 1 heterocycles. The fourth-order valence-electron chi connectivity index (χ4n) is 1.06. The number of nitrogens with one attached hydrogen (secondary N) is 2. The Bertz CT molecular complexity index is 315. The maximum atomic E-state index is 11.3. The third-order valence-electron chi connectivity index (χ3n) is 1.98. The molecule has 0 bridgehead atoms. The van der Waals surface area contributed by atoms with Gasteiger partial charge in [0.1, 0.15) is 0 Å². The number of hydrogen-bond donors (Lipinski definition) is 3. The molecule has 0 spiro atoms. The van der Waals surface area contributed by atoms with Crippen LogP contribution < -0.4 is 10.6 Å². The molecule has 15 heavy (non-hydrogen) atoms. The zero-order valence-corrected chi connectivity index (χ0v) is 8.95. The second-order valence-electron chi connectivity index (χ2n) is 3.25. The molecule has 0 radical (unpaired) electrons. The normalized spacial score (nSPS) is 10.1. The maximum absolute atomic E-state index is 11.3. The van der Waals surface area contributed by atoms with E-state index in [2.05, 4.69) is 15.7 Å². The highest BCUT2D eigenvalue weighted by atomic mass is 16.3. The molecule has 0 aliphatic heterocycles. The van der Waals surface area contributed by atoms with Crippen molar-refractivity contribution in [3.63, 3.8) is 0 Å². The Labute approximate surface area is 88.3 Å². The summed E-state index contributed by atoms with van der Waals surface area (Å²) in [6.07, 6.45) is 0.550. The first-order valence-electron chi connectivity index (χ1n) is 4.80. The minimum absolute atomic E-state index is 0.0724. The van der Waals surface area contributed by atoms with Crippen LogP contribution in [-0.2, 0) is 7.05 Å². The molecule has 0 aliphatic rings. The zero-order valence-electron chi connectivity index (χ0n) is 8.95. The van der Waals surface area contributed by atoms with Gasteiger partial charge in [-0.2, -0.15) is 5.10 Å². The number of anilines is 1. The van der Waals surface area contributed by atoms with Gasteiger partial charge in [-0.15, -0.1) is 0 Å². The molecule has 0 atom stereocenters. The van der Waals surface area contributed by atoms with Crippen molar-refractivity contribution in [2.45, 2.75) is 13.3 Å². The second-order valence-corrected chi connectivity index (χ2v) is 3.25. The van der Waals surface area contributed by atoms with E-state index in [1.807, 2.05) is 14.0 Å². The van der Waals surface area contributed by atoms with E-state index in [9.17, 15) is 4.79 Å². The van der Waals surface area contributed by atoms with Crippen LogP contribution in [-0.4, -0.2) is 34.1 Å². The molecule has 6 heteroatoms. The van der Waals surface area contributed by atoms with Gasteiger partial charge < -0.3 is 10.4 Å². The van der Waals surface area contributed by atoms with Gasteiger partial charge in [-0.25, -0.2) is 4.79 Å². The Kier molecular flexibility index (Phi) is 4.11. The van der Waals surface area contributed by atoms with Crippen LogP contribution >= 0.6 is 0 Å². The maximum Gasteiger partial charge on any atom is 0.320 e. The average molecular weight is 212 g/mol. The quantitative estimate of drug-likeness (QED) is 0.625. The number of aliphatic hydroxyl groups excluding tert-OH is 1. The summed E-state index contributed by atoms with van der Waals surface area (Å²) < 4.78 is 1.68. The molecule has 0 aliphatic carbocycles. The first-order valence-corrected chi connectivity index (χ1v) is 4.80. The average Bonchev–Trinajstić information content (AvgIpc) is 2.46. The Morgan fingerprint density at radius 2 is 2.40 bits per heavy atom. The van der Waals surface area contributed by atoms with Crippen molar-refractivity contribution in [3.8, 4) is 0 Å². The van der Waals surface area contributed by atoms with E-state index in [0.717, 1.165) is 5.69 Å². The molecule has 84 valence electrons. The van der Waals surface area contributed by atoms with Gasteiger partial charge in [0.05, 0.1) is 0 Å². The minimum atomic E-state index is -0.304. The van der Waals surface area contributed by atoms with Crippen LogP contribution in [0.2, 0.25) is 0 Å². The molecule has 3 N–H and O–H groups in total. The molecular formula is C9H16N4O2. The van der Waals surface area contributed by atoms with Gasteiger partial charge in [0.15, 0.2) is 5.82 Å². The summed E-state index contributed by atoms with van der Waals surface area (Å²) in [5.41, 5.74) is 0.973. The number of aliphatic hydroxyl groups is 1. The van der Waals surface area contributed by atoms with Crippen molar-refractivity contribution in [3.05, 3.63) is 11.8 Å². The summed E-state index contributed by atoms with van der Waals surface area (Å²) in [5.74, 6) is 0.525. The summed E-state index contributed by atoms with van der Waals surface area (Å²) in [5, 5.41) is 17.8. The SMILES string of the molecule is Cc1cc(NC(=O)NCCCO)nn1C. The van der Waals surface area contributed by atoms with Crippen molar-refractivity contribution in [2.24, 2.45) is 7.05 Å².